The van der Waals surface area contributed by atoms with E-state index in [-0.39, 0.29) is 0 Å². The second-order valence-corrected chi connectivity index (χ2v) is 3.35. The maximum Gasteiger partial charge on any atom is 0.106 e. The van der Waals surface area contributed by atoms with E-state index >= 15 is 0 Å². The zero-order valence-corrected chi connectivity index (χ0v) is 8.20. The summed E-state index contributed by atoms with van der Waals surface area (Å²) < 4.78 is 0. The van der Waals surface area contributed by atoms with E-state index in [2.05, 4.69) is 0 Å². The molecular formula is C10H13ClO2. The molecule has 0 amide bonds. The third-order valence-electron chi connectivity index (χ3n) is 2.01. The molecule has 0 fully saturated rings. The van der Waals surface area contributed by atoms with Gasteiger partial charge in [-0.3, -0.25) is 0 Å². The van der Waals surface area contributed by atoms with Crippen LogP contribution in [0.5, 0.6) is 0 Å². The monoisotopic (exact) mass is 200 g/mol. The van der Waals surface area contributed by atoms with Gasteiger partial charge >= 0.3 is 0 Å². The molecule has 1 aromatic carbocycles. The number of halogens is 1. The number of rotatable bonds is 3. The molecule has 1 aromatic rings. The number of aliphatic hydroxyl groups excluding tert-OH is 2. The quantitative estimate of drug-likeness (QED) is 0.785. The lowest BCUT2D eigenvalue weighted by Gasteiger charge is -2.17. The number of hydrogen-bond acceptors (Lipinski definition) is 2. The first-order chi connectivity index (χ1) is 6.16. The predicted molar refractivity (Wildman–Crippen MR) is 52.7 cm³/mol. The van der Waals surface area contributed by atoms with Gasteiger partial charge in [-0.05, 0) is 12.5 Å². The van der Waals surface area contributed by atoms with Crippen LogP contribution in [0.4, 0.5) is 0 Å². The van der Waals surface area contributed by atoms with Gasteiger partial charge in [0, 0.05) is 10.6 Å². The maximum absolute atomic E-state index is 9.64. The van der Waals surface area contributed by atoms with Gasteiger partial charge in [-0.1, -0.05) is 36.7 Å². The molecule has 0 aliphatic heterocycles. The Morgan fingerprint density at radius 3 is 2.46 bits per heavy atom. The van der Waals surface area contributed by atoms with Crippen molar-refractivity contribution < 1.29 is 10.2 Å². The first-order valence-electron chi connectivity index (χ1n) is 4.27. The Labute approximate surface area is 82.8 Å². The van der Waals surface area contributed by atoms with Crippen LogP contribution < -0.4 is 0 Å². The van der Waals surface area contributed by atoms with Crippen molar-refractivity contribution in [1.82, 2.24) is 0 Å². The summed E-state index contributed by atoms with van der Waals surface area (Å²) in [5.74, 6) is 0. The Kier molecular flexibility index (Phi) is 3.72. The molecular weight excluding hydrogens is 188 g/mol. The first-order valence-corrected chi connectivity index (χ1v) is 4.65. The second-order valence-electron chi connectivity index (χ2n) is 2.94. The van der Waals surface area contributed by atoms with Crippen LogP contribution in [0.25, 0.3) is 0 Å². The van der Waals surface area contributed by atoms with Crippen molar-refractivity contribution in [3.63, 3.8) is 0 Å². The molecule has 2 N–H and O–H groups in total. The van der Waals surface area contributed by atoms with Crippen molar-refractivity contribution in [3.8, 4) is 0 Å². The van der Waals surface area contributed by atoms with Crippen LogP contribution in [0, 0.1) is 0 Å². The molecule has 13 heavy (non-hydrogen) atoms. The highest BCUT2D eigenvalue weighted by Gasteiger charge is 2.18. The number of aliphatic hydroxyl groups is 2. The largest absolute Gasteiger partial charge is 0.390 e. The minimum Gasteiger partial charge on any atom is -0.390 e. The SMILES string of the molecule is CCC(O)C(O)c1ccccc1Cl. The molecule has 2 unspecified atom stereocenters. The fourth-order valence-electron chi connectivity index (χ4n) is 1.15. The van der Waals surface area contributed by atoms with Gasteiger partial charge in [-0.2, -0.15) is 0 Å². The summed E-state index contributed by atoms with van der Waals surface area (Å²) in [6.45, 7) is 1.81. The lowest BCUT2D eigenvalue weighted by atomic mass is 10.0. The fraction of sp³-hybridized carbons (Fsp3) is 0.400. The van der Waals surface area contributed by atoms with Gasteiger partial charge < -0.3 is 10.2 Å². The fourth-order valence-corrected chi connectivity index (χ4v) is 1.39. The van der Waals surface area contributed by atoms with Crippen LogP contribution in [0.2, 0.25) is 5.02 Å². The molecule has 2 atom stereocenters. The highest BCUT2D eigenvalue weighted by Crippen LogP contribution is 2.25. The second kappa shape index (κ2) is 4.61. The zero-order chi connectivity index (χ0) is 9.84. The smallest absolute Gasteiger partial charge is 0.106 e. The standard InChI is InChI=1S/C10H13ClO2/c1-2-9(12)10(13)7-5-3-4-6-8(7)11/h3-6,9-10,12-13H,2H2,1H3. The summed E-state index contributed by atoms with van der Waals surface area (Å²) in [6.07, 6.45) is -1.13. The van der Waals surface area contributed by atoms with Crippen LogP contribution >= 0.6 is 11.6 Å². The van der Waals surface area contributed by atoms with Crippen LogP contribution in [0.1, 0.15) is 25.0 Å². The molecule has 0 aliphatic carbocycles. The van der Waals surface area contributed by atoms with Gasteiger partial charge in [0.15, 0.2) is 0 Å². The Bertz CT molecular complexity index is 275. The van der Waals surface area contributed by atoms with Crippen molar-refractivity contribution in [3.05, 3.63) is 34.9 Å². The molecule has 0 saturated carbocycles. The molecule has 0 saturated heterocycles. The Morgan fingerprint density at radius 2 is 1.92 bits per heavy atom. The predicted octanol–water partition coefficient (Wildman–Crippen LogP) is 2.14. The lowest BCUT2D eigenvalue weighted by Crippen LogP contribution is -2.17. The average molecular weight is 201 g/mol. The summed E-state index contributed by atoms with van der Waals surface area (Å²) in [4.78, 5) is 0. The summed E-state index contributed by atoms with van der Waals surface area (Å²) in [6, 6.07) is 6.98. The molecule has 0 aromatic heterocycles. The van der Waals surface area contributed by atoms with Crippen LogP contribution in [0.15, 0.2) is 24.3 Å². The van der Waals surface area contributed by atoms with E-state index in [1.54, 1.807) is 24.3 Å². The molecule has 3 heteroatoms. The normalized spacial score (nSPS) is 15.4. The van der Waals surface area contributed by atoms with Crippen molar-refractivity contribution in [1.29, 1.82) is 0 Å². The highest BCUT2D eigenvalue weighted by atomic mass is 35.5. The third-order valence-corrected chi connectivity index (χ3v) is 2.35. The van der Waals surface area contributed by atoms with Gasteiger partial charge in [-0.25, -0.2) is 0 Å². The van der Waals surface area contributed by atoms with Gasteiger partial charge in [0.05, 0.1) is 6.10 Å². The number of benzene rings is 1. The molecule has 72 valence electrons. The minimum absolute atomic E-state index is 0.488. The lowest BCUT2D eigenvalue weighted by molar-refractivity contribution is 0.0165. The Morgan fingerprint density at radius 1 is 1.31 bits per heavy atom. The van der Waals surface area contributed by atoms with E-state index in [0.29, 0.717) is 17.0 Å². The van der Waals surface area contributed by atoms with E-state index < -0.39 is 12.2 Å². The van der Waals surface area contributed by atoms with Crippen molar-refractivity contribution in [2.45, 2.75) is 25.6 Å². The Balaban J connectivity index is 2.88. The van der Waals surface area contributed by atoms with Crippen LogP contribution in [0.3, 0.4) is 0 Å². The molecule has 0 heterocycles. The molecule has 0 radical (unpaired) electrons. The van der Waals surface area contributed by atoms with Gasteiger partial charge in [0.1, 0.15) is 6.10 Å². The van der Waals surface area contributed by atoms with Gasteiger partial charge in [0.25, 0.3) is 0 Å². The van der Waals surface area contributed by atoms with E-state index in [9.17, 15) is 10.2 Å². The van der Waals surface area contributed by atoms with E-state index in [0.717, 1.165) is 0 Å². The van der Waals surface area contributed by atoms with E-state index in [1.807, 2.05) is 6.92 Å². The zero-order valence-electron chi connectivity index (χ0n) is 7.44. The summed E-state index contributed by atoms with van der Waals surface area (Å²) in [5.41, 5.74) is 0.582. The minimum atomic E-state index is -0.890. The van der Waals surface area contributed by atoms with Crippen LogP contribution in [-0.4, -0.2) is 16.3 Å². The van der Waals surface area contributed by atoms with Gasteiger partial charge in [0.2, 0.25) is 0 Å². The molecule has 2 nitrogen and oxygen atoms in total. The summed E-state index contributed by atoms with van der Waals surface area (Å²) in [5, 5.41) is 19.5. The van der Waals surface area contributed by atoms with Crippen molar-refractivity contribution in [2.24, 2.45) is 0 Å². The third kappa shape index (κ3) is 2.44. The first kappa shape index (κ1) is 10.5. The molecule has 1 rings (SSSR count). The summed E-state index contributed by atoms with van der Waals surface area (Å²) >= 11 is 5.85. The van der Waals surface area contributed by atoms with E-state index in [1.165, 1.54) is 0 Å². The molecule has 0 aliphatic rings. The van der Waals surface area contributed by atoms with Crippen molar-refractivity contribution >= 4 is 11.6 Å². The van der Waals surface area contributed by atoms with Crippen LogP contribution in [-0.2, 0) is 0 Å². The highest BCUT2D eigenvalue weighted by molar-refractivity contribution is 6.31. The maximum atomic E-state index is 9.64. The number of hydrogen-bond donors (Lipinski definition) is 2. The average Bonchev–Trinajstić information content (AvgIpc) is 2.16. The van der Waals surface area contributed by atoms with E-state index in [4.69, 9.17) is 11.6 Å². The summed E-state index contributed by atoms with van der Waals surface area (Å²) in [7, 11) is 0. The van der Waals surface area contributed by atoms with Crippen molar-refractivity contribution in [2.75, 3.05) is 0 Å². The van der Waals surface area contributed by atoms with Gasteiger partial charge in [-0.15, -0.1) is 0 Å². The topological polar surface area (TPSA) is 40.5 Å². The Hall–Kier alpha value is -0.570. The molecule has 0 spiro atoms. The molecule has 0 bridgehead atoms.